The van der Waals surface area contributed by atoms with Crippen LogP contribution in [0.2, 0.25) is 5.02 Å². The van der Waals surface area contributed by atoms with E-state index in [2.05, 4.69) is 16.4 Å². The van der Waals surface area contributed by atoms with Gasteiger partial charge in [-0.3, -0.25) is 19.1 Å². The van der Waals surface area contributed by atoms with Gasteiger partial charge in [0.2, 0.25) is 5.91 Å². The number of amides is 1. The predicted octanol–water partition coefficient (Wildman–Crippen LogP) is 3.81. The van der Waals surface area contributed by atoms with Crippen molar-refractivity contribution in [3.63, 3.8) is 0 Å². The Hall–Kier alpha value is -3.51. The molecule has 0 spiro atoms. The van der Waals surface area contributed by atoms with Gasteiger partial charge in [0, 0.05) is 52.8 Å². The molecule has 0 unspecified atom stereocenters. The van der Waals surface area contributed by atoms with Crippen LogP contribution < -0.4 is 21.6 Å². The summed E-state index contributed by atoms with van der Waals surface area (Å²) in [6.07, 6.45) is 6.94. The number of pyridine rings is 2. The van der Waals surface area contributed by atoms with E-state index in [9.17, 15) is 9.59 Å². The number of benzene rings is 1. The van der Waals surface area contributed by atoms with Crippen molar-refractivity contribution >= 4 is 23.6 Å². The van der Waals surface area contributed by atoms with Crippen molar-refractivity contribution in [2.45, 2.75) is 40.2 Å². The van der Waals surface area contributed by atoms with Gasteiger partial charge < -0.3 is 5.32 Å². The van der Waals surface area contributed by atoms with Gasteiger partial charge in [-0.15, -0.1) is 0 Å². The SMILES string of the molecule is CCC1=C(NC(C)=O)N=c2c(cc(-c3ccc(-c4cccnc4)cc3Cl)c(=O)n2CC)=CC1. The summed E-state index contributed by atoms with van der Waals surface area (Å²) in [5.74, 6) is 0.332. The second-order valence-electron chi connectivity index (χ2n) is 7.83. The second-order valence-corrected chi connectivity index (χ2v) is 8.24. The fourth-order valence-electron chi connectivity index (χ4n) is 4.00. The van der Waals surface area contributed by atoms with E-state index in [4.69, 9.17) is 16.6 Å². The van der Waals surface area contributed by atoms with Crippen LogP contribution in [0.5, 0.6) is 0 Å². The third kappa shape index (κ3) is 4.52. The predicted molar refractivity (Wildman–Crippen MR) is 131 cm³/mol. The summed E-state index contributed by atoms with van der Waals surface area (Å²) in [7, 11) is 0. The zero-order valence-electron chi connectivity index (χ0n) is 18.9. The molecule has 7 heteroatoms. The van der Waals surface area contributed by atoms with Crippen molar-refractivity contribution in [2.75, 3.05) is 0 Å². The van der Waals surface area contributed by atoms with Gasteiger partial charge in [0.25, 0.3) is 5.56 Å². The van der Waals surface area contributed by atoms with Crippen LogP contribution in [0.15, 0.2) is 70.0 Å². The van der Waals surface area contributed by atoms with E-state index >= 15 is 0 Å². The van der Waals surface area contributed by atoms with Gasteiger partial charge in [0.05, 0.1) is 0 Å². The van der Waals surface area contributed by atoms with Gasteiger partial charge in [-0.1, -0.05) is 42.8 Å². The van der Waals surface area contributed by atoms with E-state index in [1.165, 1.54) is 6.92 Å². The van der Waals surface area contributed by atoms with Gasteiger partial charge in [-0.2, -0.15) is 0 Å². The summed E-state index contributed by atoms with van der Waals surface area (Å²) in [6.45, 7) is 5.82. The topological polar surface area (TPSA) is 76.3 Å². The Morgan fingerprint density at radius 2 is 1.97 bits per heavy atom. The molecule has 1 aliphatic rings. The third-order valence-electron chi connectivity index (χ3n) is 5.70. The third-order valence-corrected chi connectivity index (χ3v) is 6.01. The van der Waals surface area contributed by atoms with Crippen LogP contribution in [0.4, 0.5) is 0 Å². The first kappa shape index (κ1) is 22.7. The van der Waals surface area contributed by atoms with Gasteiger partial charge in [0.1, 0.15) is 11.3 Å². The molecule has 0 bridgehead atoms. The summed E-state index contributed by atoms with van der Waals surface area (Å²) in [5.41, 5.74) is 4.45. The van der Waals surface area contributed by atoms with Crippen molar-refractivity contribution in [3.8, 4) is 22.3 Å². The minimum absolute atomic E-state index is 0.174. The zero-order chi connectivity index (χ0) is 23.5. The molecule has 168 valence electrons. The number of hydrogen-bond acceptors (Lipinski definition) is 4. The Morgan fingerprint density at radius 3 is 2.61 bits per heavy atom. The van der Waals surface area contributed by atoms with Crippen LogP contribution in [0.1, 0.15) is 33.6 Å². The lowest BCUT2D eigenvalue weighted by molar-refractivity contribution is -0.118. The molecule has 0 radical (unpaired) electrons. The molecule has 2 aromatic heterocycles. The lowest BCUT2D eigenvalue weighted by atomic mass is 10.0. The first-order chi connectivity index (χ1) is 15.9. The van der Waals surface area contributed by atoms with E-state index in [1.54, 1.807) is 17.0 Å². The molecule has 1 aliphatic heterocycles. The molecule has 0 saturated carbocycles. The molecular formula is C26H25ClN4O2. The Labute approximate surface area is 197 Å². The average molecular weight is 461 g/mol. The number of carbonyl (C=O) groups excluding carboxylic acids is 1. The van der Waals surface area contributed by atoms with Crippen LogP contribution >= 0.6 is 11.6 Å². The molecule has 3 heterocycles. The number of rotatable bonds is 5. The lowest BCUT2D eigenvalue weighted by Crippen LogP contribution is -2.44. The summed E-state index contributed by atoms with van der Waals surface area (Å²) >= 11 is 6.66. The van der Waals surface area contributed by atoms with E-state index in [1.807, 2.05) is 50.2 Å². The highest BCUT2D eigenvalue weighted by molar-refractivity contribution is 6.33. The molecule has 4 rings (SSSR count). The zero-order valence-corrected chi connectivity index (χ0v) is 19.6. The smallest absolute Gasteiger partial charge is 0.260 e. The standard InChI is InChI=1S/C26H25ClN4O2/c1-4-17-8-9-19-13-22(26(33)31(5-2)25(19)30-24(17)29-16(3)32)21-11-10-18(14-23(21)27)20-7-6-12-28-15-20/h6-7,9-15H,4-5,8H2,1-3H3,(H,29,32). The molecule has 0 saturated heterocycles. The van der Waals surface area contributed by atoms with Gasteiger partial charge in [-0.25, -0.2) is 4.99 Å². The quantitative estimate of drug-likeness (QED) is 0.629. The minimum atomic E-state index is -0.189. The average Bonchev–Trinajstić information content (AvgIpc) is 2.97. The maximum Gasteiger partial charge on any atom is 0.260 e. The molecule has 1 aromatic carbocycles. The van der Waals surface area contributed by atoms with Crippen LogP contribution in [-0.2, 0) is 11.3 Å². The lowest BCUT2D eigenvalue weighted by Gasteiger charge is -2.11. The molecule has 1 N–H and O–H groups in total. The van der Waals surface area contributed by atoms with Crippen molar-refractivity contribution in [1.82, 2.24) is 14.9 Å². The van der Waals surface area contributed by atoms with Crippen molar-refractivity contribution in [2.24, 2.45) is 4.99 Å². The molecule has 0 aliphatic carbocycles. The molecule has 3 aromatic rings. The van der Waals surface area contributed by atoms with E-state index in [-0.39, 0.29) is 11.5 Å². The van der Waals surface area contributed by atoms with Crippen LogP contribution in [-0.4, -0.2) is 15.5 Å². The molecule has 6 nitrogen and oxygen atoms in total. The van der Waals surface area contributed by atoms with E-state index in [0.717, 1.165) is 28.3 Å². The molecular weight excluding hydrogens is 436 g/mol. The maximum atomic E-state index is 13.5. The van der Waals surface area contributed by atoms with Gasteiger partial charge >= 0.3 is 0 Å². The molecule has 33 heavy (non-hydrogen) atoms. The highest BCUT2D eigenvalue weighted by Crippen LogP contribution is 2.30. The first-order valence-electron chi connectivity index (χ1n) is 11.0. The number of hydrogen-bond donors (Lipinski definition) is 1. The number of halogens is 1. The number of fused-ring (bicyclic) bond motifs is 1. The normalized spacial score (nSPS) is 13.0. The highest BCUT2D eigenvalue weighted by Gasteiger charge is 2.16. The number of nitrogens with zero attached hydrogens (tertiary/aromatic N) is 3. The van der Waals surface area contributed by atoms with Crippen molar-refractivity contribution in [1.29, 1.82) is 0 Å². The summed E-state index contributed by atoms with van der Waals surface area (Å²) < 4.78 is 1.63. The summed E-state index contributed by atoms with van der Waals surface area (Å²) in [5, 5.41) is 4.16. The number of allylic oxidation sites excluding steroid dienone is 1. The number of nitrogens with one attached hydrogen (secondary N) is 1. The van der Waals surface area contributed by atoms with Crippen molar-refractivity contribution in [3.05, 3.63) is 86.3 Å². The van der Waals surface area contributed by atoms with Crippen molar-refractivity contribution < 1.29 is 4.79 Å². The minimum Gasteiger partial charge on any atom is -0.311 e. The first-order valence-corrected chi connectivity index (χ1v) is 11.3. The van der Waals surface area contributed by atoms with Crippen LogP contribution in [0.3, 0.4) is 0 Å². The Balaban J connectivity index is 1.90. The van der Waals surface area contributed by atoms with Gasteiger partial charge in [-0.05, 0) is 49.1 Å². The summed E-state index contributed by atoms with van der Waals surface area (Å²) in [4.78, 5) is 34.1. The monoisotopic (exact) mass is 460 g/mol. The number of aromatic nitrogens is 2. The molecule has 0 fully saturated rings. The second kappa shape index (κ2) is 9.55. The van der Waals surface area contributed by atoms with E-state index < -0.39 is 0 Å². The molecule has 0 atom stereocenters. The molecule has 1 amide bonds. The van der Waals surface area contributed by atoms with E-state index in [0.29, 0.717) is 40.4 Å². The fourth-order valence-corrected chi connectivity index (χ4v) is 4.28. The van der Waals surface area contributed by atoms with Crippen LogP contribution in [0.25, 0.3) is 28.3 Å². The maximum absolute atomic E-state index is 13.5. The van der Waals surface area contributed by atoms with Crippen LogP contribution in [0, 0.1) is 0 Å². The highest BCUT2D eigenvalue weighted by atomic mass is 35.5. The largest absolute Gasteiger partial charge is 0.311 e. The van der Waals surface area contributed by atoms with Gasteiger partial charge in [0.15, 0.2) is 0 Å². The Bertz CT molecular complexity index is 1440. The summed E-state index contributed by atoms with van der Waals surface area (Å²) in [6, 6.07) is 11.4. The number of carbonyl (C=O) groups is 1. The fraction of sp³-hybridized carbons (Fsp3) is 0.231. The Kier molecular flexibility index (Phi) is 6.56. The Morgan fingerprint density at radius 1 is 1.15 bits per heavy atom.